The first kappa shape index (κ1) is 19.5. The third kappa shape index (κ3) is 5.06. The summed E-state index contributed by atoms with van der Waals surface area (Å²) in [6.07, 6.45) is 2.33. The summed E-state index contributed by atoms with van der Waals surface area (Å²) in [6, 6.07) is 0. The van der Waals surface area contributed by atoms with E-state index in [1.54, 1.807) is 0 Å². The van der Waals surface area contributed by atoms with Gasteiger partial charge in [-0.15, -0.1) is 0 Å². The molecule has 6 nitrogen and oxygen atoms in total. The van der Waals surface area contributed by atoms with E-state index in [4.69, 9.17) is 9.15 Å². The van der Waals surface area contributed by atoms with Crippen LogP contribution in [-0.2, 0) is 26.2 Å². The Balaban J connectivity index is 1.84. The van der Waals surface area contributed by atoms with E-state index >= 15 is 0 Å². The van der Waals surface area contributed by atoms with E-state index in [9.17, 15) is 9.59 Å². The number of carbonyl (C=O) groups excluding carboxylic acids is 2. The van der Waals surface area contributed by atoms with Crippen LogP contribution in [-0.4, -0.2) is 41.5 Å². The summed E-state index contributed by atoms with van der Waals surface area (Å²) in [6.45, 7) is 11.5. The highest BCUT2D eigenvalue weighted by atomic mass is 16.5. The van der Waals surface area contributed by atoms with Gasteiger partial charge in [-0.3, -0.25) is 9.59 Å². The maximum Gasteiger partial charge on any atom is 0.309 e. The predicted octanol–water partition coefficient (Wildman–Crippen LogP) is 3.01. The SMILES string of the molecule is CCOC(=O)C1CCN(C(=O)CCc2oc(C(C)(C)C)nc2C)CC1. The zero-order valence-corrected chi connectivity index (χ0v) is 16.1. The molecule has 0 saturated carbocycles. The summed E-state index contributed by atoms with van der Waals surface area (Å²) in [5.74, 6) is 1.40. The van der Waals surface area contributed by atoms with Crippen LogP contribution in [0.15, 0.2) is 4.42 Å². The van der Waals surface area contributed by atoms with Crippen LogP contribution in [0, 0.1) is 12.8 Å². The van der Waals surface area contributed by atoms with Crippen molar-refractivity contribution in [1.82, 2.24) is 9.88 Å². The fraction of sp³-hybridized carbons (Fsp3) is 0.737. The van der Waals surface area contributed by atoms with Crippen molar-refractivity contribution in [3.8, 4) is 0 Å². The van der Waals surface area contributed by atoms with Crippen molar-refractivity contribution in [2.75, 3.05) is 19.7 Å². The van der Waals surface area contributed by atoms with Crippen LogP contribution in [0.4, 0.5) is 0 Å². The van der Waals surface area contributed by atoms with Gasteiger partial charge >= 0.3 is 5.97 Å². The Hall–Kier alpha value is -1.85. The van der Waals surface area contributed by atoms with E-state index in [1.807, 2.05) is 18.7 Å². The van der Waals surface area contributed by atoms with Gasteiger partial charge in [-0.2, -0.15) is 0 Å². The van der Waals surface area contributed by atoms with Crippen LogP contribution in [0.2, 0.25) is 0 Å². The van der Waals surface area contributed by atoms with Crippen LogP contribution in [0.3, 0.4) is 0 Å². The molecule has 1 fully saturated rings. The molecular weight excluding hydrogens is 320 g/mol. The largest absolute Gasteiger partial charge is 0.466 e. The topological polar surface area (TPSA) is 72.6 Å². The molecule has 1 aliphatic rings. The second-order valence-electron chi connectivity index (χ2n) is 7.68. The quantitative estimate of drug-likeness (QED) is 0.763. The van der Waals surface area contributed by atoms with Gasteiger partial charge in [0, 0.05) is 31.3 Å². The van der Waals surface area contributed by atoms with Crippen molar-refractivity contribution in [1.29, 1.82) is 0 Å². The molecule has 1 saturated heterocycles. The number of oxazole rings is 1. The third-order valence-corrected chi connectivity index (χ3v) is 4.57. The van der Waals surface area contributed by atoms with Crippen molar-refractivity contribution in [2.24, 2.45) is 5.92 Å². The summed E-state index contributed by atoms with van der Waals surface area (Å²) in [5, 5.41) is 0. The van der Waals surface area contributed by atoms with E-state index < -0.39 is 0 Å². The second kappa shape index (κ2) is 8.02. The lowest BCUT2D eigenvalue weighted by Crippen LogP contribution is -2.40. The van der Waals surface area contributed by atoms with Crippen molar-refractivity contribution >= 4 is 11.9 Å². The Bertz CT molecular complexity index is 607. The molecule has 2 heterocycles. The molecule has 0 atom stereocenters. The normalized spacial score (nSPS) is 16.1. The van der Waals surface area contributed by atoms with Gasteiger partial charge in [0.05, 0.1) is 18.2 Å². The molecule has 0 N–H and O–H groups in total. The molecule has 0 spiro atoms. The van der Waals surface area contributed by atoms with Gasteiger partial charge in [0.2, 0.25) is 5.91 Å². The van der Waals surface area contributed by atoms with Crippen molar-refractivity contribution < 1.29 is 18.7 Å². The van der Waals surface area contributed by atoms with Gasteiger partial charge in [-0.25, -0.2) is 4.98 Å². The number of esters is 1. The fourth-order valence-corrected chi connectivity index (χ4v) is 2.98. The monoisotopic (exact) mass is 350 g/mol. The molecule has 6 heteroatoms. The first-order valence-corrected chi connectivity index (χ1v) is 9.13. The molecule has 0 aromatic carbocycles. The molecule has 0 unspecified atom stereocenters. The predicted molar refractivity (Wildman–Crippen MR) is 94.2 cm³/mol. The molecule has 25 heavy (non-hydrogen) atoms. The summed E-state index contributed by atoms with van der Waals surface area (Å²) < 4.78 is 10.9. The van der Waals surface area contributed by atoms with Crippen LogP contribution < -0.4 is 0 Å². The zero-order chi connectivity index (χ0) is 18.6. The van der Waals surface area contributed by atoms with E-state index in [0.29, 0.717) is 51.3 Å². The van der Waals surface area contributed by atoms with E-state index in [2.05, 4.69) is 25.8 Å². The number of rotatable bonds is 5. The van der Waals surface area contributed by atoms with Crippen LogP contribution >= 0.6 is 0 Å². The average Bonchev–Trinajstić information content (AvgIpc) is 2.94. The first-order valence-electron chi connectivity index (χ1n) is 9.13. The maximum atomic E-state index is 12.4. The number of aryl methyl sites for hydroxylation is 2. The summed E-state index contributed by atoms with van der Waals surface area (Å²) in [5.41, 5.74) is 0.723. The van der Waals surface area contributed by atoms with E-state index in [-0.39, 0.29) is 23.2 Å². The number of hydrogen-bond acceptors (Lipinski definition) is 5. The van der Waals surface area contributed by atoms with Crippen LogP contribution in [0.25, 0.3) is 0 Å². The summed E-state index contributed by atoms with van der Waals surface area (Å²) >= 11 is 0. The standard InChI is InChI=1S/C19H30N2O4/c1-6-24-17(23)14-9-11-21(12-10-14)16(22)8-7-15-13(2)20-18(25-15)19(3,4)5/h14H,6-12H2,1-5H3. The van der Waals surface area contributed by atoms with E-state index in [1.165, 1.54) is 0 Å². The summed E-state index contributed by atoms with van der Waals surface area (Å²) in [7, 11) is 0. The summed E-state index contributed by atoms with van der Waals surface area (Å²) in [4.78, 5) is 30.5. The molecule has 1 amide bonds. The van der Waals surface area contributed by atoms with Gasteiger partial charge in [-0.05, 0) is 26.7 Å². The average molecular weight is 350 g/mol. The molecule has 0 bridgehead atoms. The minimum absolute atomic E-state index is 0.0742. The molecule has 0 radical (unpaired) electrons. The van der Waals surface area contributed by atoms with Crippen molar-refractivity contribution in [3.63, 3.8) is 0 Å². The smallest absolute Gasteiger partial charge is 0.309 e. The van der Waals surface area contributed by atoms with Crippen LogP contribution in [0.1, 0.15) is 64.3 Å². The lowest BCUT2D eigenvalue weighted by Gasteiger charge is -2.30. The van der Waals surface area contributed by atoms with Gasteiger partial charge in [0.1, 0.15) is 5.76 Å². The molecule has 1 aliphatic heterocycles. The Labute approximate surface area is 149 Å². The number of aromatic nitrogens is 1. The Morgan fingerprint density at radius 1 is 1.28 bits per heavy atom. The lowest BCUT2D eigenvalue weighted by atomic mass is 9.96. The highest BCUT2D eigenvalue weighted by Crippen LogP contribution is 2.25. The minimum Gasteiger partial charge on any atom is -0.466 e. The fourth-order valence-electron chi connectivity index (χ4n) is 2.98. The van der Waals surface area contributed by atoms with Crippen LogP contribution in [0.5, 0.6) is 0 Å². The van der Waals surface area contributed by atoms with Crippen molar-refractivity contribution in [3.05, 3.63) is 17.3 Å². The van der Waals surface area contributed by atoms with Gasteiger partial charge in [0.15, 0.2) is 5.89 Å². The van der Waals surface area contributed by atoms with Gasteiger partial charge in [0.25, 0.3) is 0 Å². The number of piperidine rings is 1. The third-order valence-electron chi connectivity index (χ3n) is 4.57. The Morgan fingerprint density at radius 2 is 1.92 bits per heavy atom. The first-order chi connectivity index (χ1) is 11.7. The molecule has 1 aromatic rings. The molecule has 140 valence electrons. The lowest BCUT2D eigenvalue weighted by molar-refractivity contribution is -0.151. The molecule has 0 aliphatic carbocycles. The van der Waals surface area contributed by atoms with Crippen molar-refractivity contribution in [2.45, 2.75) is 65.7 Å². The molecular formula is C19H30N2O4. The second-order valence-corrected chi connectivity index (χ2v) is 7.68. The number of ether oxygens (including phenoxy) is 1. The highest BCUT2D eigenvalue weighted by Gasteiger charge is 2.28. The Morgan fingerprint density at radius 3 is 2.44 bits per heavy atom. The highest BCUT2D eigenvalue weighted by molar-refractivity contribution is 5.77. The maximum absolute atomic E-state index is 12.4. The van der Waals surface area contributed by atoms with E-state index in [0.717, 1.165) is 11.5 Å². The molecule has 2 rings (SSSR count). The zero-order valence-electron chi connectivity index (χ0n) is 16.1. The number of hydrogen-bond donors (Lipinski definition) is 0. The molecule has 1 aromatic heterocycles. The number of likely N-dealkylation sites (tertiary alicyclic amines) is 1. The minimum atomic E-state index is -0.137. The number of nitrogens with zero attached hydrogens (tertiary/aromatic N) is 2. The Kier molecular flexibility index (Phi) is 6.25. The number of carbonyl (C=O) groups is 2. The number of amides is 1. The van der Waals surface area contributed by atoms with Gasteiger partial charge < -0.3 is 14.1 Å². The van der Waals surface area contributed by atoms with Gasteiger partial charge in [-0.1, -0.05) is 20.8 Å².